The van der Waals surface area contributed by atoms with Gasteiger partial charge in [0.2, 0.25) is 0 Å². The lowest BCUT2D eigenvalue weighted by atomic mass is 9.52. The summed E-state index contributed by atoms with van der Waals surface area (Å²) in [7, 11) is -2.34. The van der Waals surface area contributed by atoms with E-state index in [-0.39, 0.29) is 0 Å². The summed E-state index contributed by atoms with van der Waals surface area (Å²) in [5.74, 6) is 1.27. The van der Waals surface area contributed by atoms with Gasteiger partial charge in [0.1, 0.15) is 5.75 Å². The number of hydrogen-bond donors (Lipinski definition) is 4. The molecule has 0 radical (unpaired) electrons. The normalized spacial score (nSPS) is 32.2. The third kappa shape index (κ3) is 3.39. The number of phenolic OH excluding ortho intramolecular Hbond substituents is 1. The maximum Gasteiger partial charge on any atom is 0.466 e. The van der Waals surface area contributed by atoms with Crippen LogP contribution in [0.15, 0.2) is 18.2 Å². The highest BCUT2D eigenvalue weighted by atomic mass is 31.2. The van der Waals surface area contributed by atoms with Crippen molar-refractivity contribution >= 4 is 7.82 Å². The third-order valence-corrected chi connectivity index (χ3v) is 6.10. The lowest BCUT2D eigenvalue weighted by Crippen LogP contribution is -2.59. The Bertz CT molecular complexity index is 652. The van der Waals surface area contributed by atoms with Gasteiger partial charge in [-0.15, -0.1) is 0 Å². The summed E-state index contributed by atoms with van der Waals surface area (Å²) in [6.45, 7) is 1.22. The molecule has 2 bridgehead atoms. The molecule has 0 spiro atoms. The van der Waals surface area contributed by atoms with Gasteiger partial charge in [0.25, 0.3) is 0 Å². The molecule has 1 saturated heterocycles. The largest absolute Gasteiger partial charge is 0.508 e. The molecule has 2 aliphatic carbocycles. The molecule has 1 aromatic carbocycles. The highest BCUT2D eigenvalue weighted by Crippen LogP contribution is 2.55. The van der Waals surface area contributed by atoms with Crippen LogP contribution in [0.4, 0.5) is 0 Å². The number of nitrogens with zero attached hydrogens (tertiary/aromatic N) is 1. The number of likely N-dealkylation sites (tertiary alicyclic amines) is 1. The van der Waals surface area contributed by atoms with Crippen LogP contribution in [-0.2, 0) is 16.4 Å². The highest BCUT2D eigenvalue weighted by molar-refractivity contribution is 7.45. The van der Waals surface area contributed by atoms with E-state index in [1.165, 1.54) is 56.2 Å². The van der Waals surface area contributed by atoms with E-state index >= 15 is 0 Å². The minimum atomic E-state index is -4.64. The second-order valence-electron chi connectivity index (χ2n) is 7.37. The molecule has 6 nitrogen and oxygen atoms in total. The van der Waals surface area contributed by atoms with Crippen LogP contribution in [0.1, 0.15) is 43.2 Å². The predicted molar refractivity (Wildman–Crippen MR) is 90.7 cm³/mol. The van der Waals surface area contributed by atoms with Crippen LogP contribution in [-0.4, -0.2) is 44.3 Å². The van der Waals surface area contributed by atoms with Gasteiger partial charge in [0, 0.05) is 11.5 Å². The molecule has 7 heteroatoms. The monoisotopic (exact) mass is 355 g/mol. The average molecular weight is 355 g/mol. The number of piperidine rings is 1. The molecule has 134 valence electrons. The van der Waals surface area contributed by atoms with E-state index in [4.69, 9.17) is 19.2 Å². The first-order valence-electron chi connectivity index (χ1n) is 8.52. The van der Waals surface area contributed by atoms with Gasteiger partial charge in [-0.2, -0.15) is 0 Å². The molecular weight excluding hydrogens is 329 g/mol. The van der Waals surface area contributed by atoms with Gasteiger partial charge in [-0.1, -0.05) is 18.9 Å². The van der Waals surface area contributed by atoms with Crippen molar-refractivity contribution in [3.8, 4) is 5.75 Å². The molecule has 3 aliphatic rings. The molecule has 24 heavy (non-hydrogen) atoms. The molecule has 0 amide bonds. The summed E-state index contributed by atoms with van der Waals surface area (Å²) in [5.41, 5.74) is 3.36. The number of phenols is 1. The summed E-state index contributed by atoms with van der Waals surface area (Å²) in [6, 6.07) is 6.85. The van der Waals surface area contributed by atoms with E-state index in [1.807, 2.05) is 6.07 Å². The van der Waals surface area contributed by atoms with Gasteiger partial charge >= 0.3 is 7.82 Å². The number of fused-ring (bicyclic) bond motifs is 1. The van der Waals surface area contributed by atoms with Crippen LogP contribution in [0.2, 0.25) is 0 Å². The Hall–Kier alpha value is -0.910. The van der Waals surface area contributed by atoms with Gasteiger partial charge in [0.15, 0.2) is 0 Å². The van der Waals surface area contributed by atoms with Crippen molar-refractivity contribution in [1.29, 1.82) is 0 Å². The maximum atomic E-state index is 9.91. The van der Waals surface area contributed by atoms with Crippen LogP contribution in [0.3, 0.4) is 0 Å². The van der Waals surface area contributed by atoms with Gasteiger partial charge in [-0.05, 0) is 68.5 Å². The van der Waals surface area contributed by atoms with Gasteiger partial charge in [-0.3, -0.25) is 0 Å². The molecule has 3 atom stereocenters. The lowest BCUT2D eigenvalue weighted by Gasteiger charge is -2.58. The molecule has 1 heterocycles. The van der Waals surface area contributed by atoms with Crippen molar-refractivity contribution < 1.29 is 24.4 Å². The van der Waals surface area contributed by atoms with Crippen LogP contribution in [0, 0.1) is 5.92 Å². The maximum absolute atomic E-state index is 9.91. The fraction of sp³-hybridized carbons (Fsp3) is 0.647. The van der Waals surface area contributed by atoms with Gasteiger partial charge < -0.3 is 24.7 Å². The number of hydrogen-bond acceptors (Lipinski definition) is 3. The van der Waals surface area contributed by atoms with Crippen molar-refractivity contribution in [2.45, 2.75) is 50.0 Å². The number of likely N-dealkylation sites (N-methyl/N-ethyl adjacent to an activating group) is 1. The molecule has 4 N–H and O–H groups in total. The summed E-state index contributed by atoms with van der Waals surface area (Å²) in [4.78, 5) is 24.1. The first-order chi connectivity index (χ1) is 11.2. The second-order valence-corrected chi connectivity index (χ2v) is 8.39. The number of rotatable bonds is 0. The zero-order valence-corrected chi connectivity index (χ0v) is 14.8. The van der Waals surface area contributed by atoms with E-state index in [9.17, 15) is 5.11 Å². The molecule has 1 aliphatic heterocycles. The Balaban J connectivity index is 0.000000300. The SMILES string of the molecule is CN1CC[C@]23CCCC[C@H]2[C@H]1Cc1ccc(O)cc13.O=P(O)(O)O. The Kier molecular flexibility index (Phi) is 4.80. The van der Waals surface area contributed by atoms with Crippen molar-refractivity contribution in [2.75, 3.05) is 13.6 Å². The predicted octanol–water partition coefficient (Wildman–Crippen LogP) is 2.15. The third-order valence-electron chi connectivity index (χ3n) is 6.10. The van der Waals surface area contributed by atoms with E-state index in [0.717, 1.165) is 12.0 Å². The molecule has 0 aromatic heterocycles. The van der Waals surface area contributed by atoms with Crippen molar-refractivity contribution in [3.63, 3.8) is 0 Å². The number of benzene rings is 1. The van der Waals surface area contributed by atoms with E-state index in [1.54, 1.807) is 0 Å². The Labute approximate surface area is 142 Å². The first-order valence-corrected chi connectivity index (χ1v) is 10.1. The lowest BCUT2D eigenvalue weighted by molar-refractivity contribution is 0.00274. The summed E-state index contributed by atoms with van der Waals surface area (Å²) < 4.78 is 8.88. The number of phosphoric acid groups is 1. The first kappa shape index (κ1) is 17.9. The van der Waals surface area contributed by atoms with Gasteiger partial charge in [0.05, 0.1) is 0 Å². The van der Waals surface area contributed by atoms with E-state index in [2.05, 4.69) is 24.1 Å². The second kappa shape index (κ2) is 6.43. The van der Waals surface area contributed by atoms with Crippen LogP contribution in [0.5, 0.6) is 5.75 Å². The summed E-state index contributed by atoms with van der Waals surface area (Å²) >= 11 is 0. The molecule has 0 unspecified atom stereocenters. The Morgan fingerprint density at radius 3 is 2.62 bits per heavy atom. The zero-order chi connectivity index (χ0) is 17.5. The molecule has 2 fully saturated rings. The Morgan fingerprint density at radius 2 is 1.92 bits per heavy atom. The number of aromatic hydroxyl groups is 1. The highest BCUT2D eigenvalue weighted by Gasteiger charge is 2.52. The fourth-order valence-electron chi connectivity index (χ4n) is 5.18. The smallest absolute Gasteiger partial charge is 0.466 e. The quantitative estimate of drug-likeness (QED) is 0.532. The molecule has 1 aromatic rings. The Morgan fingerprint density at radius 1 is 1.21 bits per heavy atom. The molecular formula is C17H26NO5P. The average Bonchev–Trinajstić information content (AvgIpc) is 2.50. The van der Waals surface area contributed by atoms with E-state index < -0.39 is 7.82 Å². The van der Waals surface area contributed by atoms with Gasteiger partial charge in [-0.25, -0.2) is 4.57 Å². The van der Waals surface area contributed by atoms with Crippen molar-refractivity contribution in [1.82, 2.24) is 4.90 Å². The minimum absolute atomic E-state index is 0.377. The van der Waals surface area contributed by atoms with Crippen molar-refractivity contribution in [3.05, 3.63) is 29.3 Å². The van der Waals surface area contributed by atoms with E-state index in [0.29, 0.717) is 11.2 Å². The van der Waals surface area contributed by atoms with Crippen LogP contribution >= 0.6 is 7.82 Å². The topological polar surface area (TPSA) is 101 Å². The molecule has 1 saturated carbocycles. The molecule has 4 rings (SSSR count). The van der Waals surface area contributed by atoms with Crippen molar-refractivity contribution in [2.24, 2.45) is 5.92 Å². The zero-order valence-electron chi connectivity index (χ0n) is 13.9. The van der Waals surface area contributed by atoms with Crippen LogP contribution < -0.4 is 0 Å². The minimum Gasteiger partial charge on any atom is -0.508 e. The summed E-state index contributed by atoms with van der Waals surface area (Å²) in [6.07, 6.45) is 7.93. The summed E-state index contributed by atoms with van der Waals surface area (Å²) in [5, 5.41) is 9.91. The fourth-order valence-corrected chi connectivity index (χ4v) is 5.18. The van der Waals surface area contributed by atoms with Crippen LogP contribution in [0.25, 0.3) is 0 Å². The standard InChI is InChI=1S/C17H23NO.H3O4P/c1-18-9-8-17-7-3-2-4-14(17)16(18)10-12-5-6-13(19)11-15(12)17;1-5(2,3)4/h5-6,11,14,16,19H,2-4,7-10H2,1H3;(H3,1,2,3,4)/t14-,16+,17+;/m0./s1.